The molecule has 0 aromatic carbocycles. The summed E-state index contributed by atoms with van der Waals surface area (Å²) in [5.41, 5.74) is 2.63. The van der Waals surface area contributed by atoms with Crippen molar-refractivity contribution in [3.63, 3.8) is 0 Å². The lowest BCUT2D eigenvalue weighted by Crippen LogP contribution is -2.39. The molecule has 4 rings (SSSR count). The van der Waals surface area contributed by atoms with E-state index in [-0.39, 0.29) is 0 Å². The average molecular weight is 285 g/mol. The maximum atomic E-state index is 12.3. The Bertz CT molecular complexity index is 674. The average Bonchev–Trinajstić information content (AvgIpc) is 3.10. The number of aromatic amines is 1. The van der Waals surface area contributed by atoms with Crippen molar-refractivity contribution >= 4 is 17.1 Å². The molecule has 2 aromatic heterocycles. The van der Waals surface area contributed by atoms with Crippen molar-refractivity contribution in [1.82, 2.24) is 25.1 Å². The molecule has 21 heavy (non-hydrogen) atoms. The second-order valence-corrected chi connectivity index (χ2v) is 6.28. The van der Waals surface area contributed by atoms with E-state index < -0.39 is 0 Å². The zero-order valence-electron chi connectivity index (χ0n) is 12.1. The molecule has 1 N–H and O–H groups in total. The summed E-state index contributed by atoms with van der Waals surface area (Å²) in [6, 6.07) is 0. The van der Waals surface area contributed by atoms with Crippen LogP contribution < -0.4 is 0 Å². The van der Waals surface area contributed by atoms with Crippen LogP contribution in [0.4, 0.5) is 0 Å². The molecule has 6 heteroatoms. The van der Waals surface area contributed by atoms with Crippen LogP contribution in [0.3, 0.4) is 0 Å². The Labute approximate surface area is 123 Å². The van der Waals surface area contributed by atoms with E-state index in [9.17, 15) is 4.79 Å². The van der Waals surface area contributed by atoms with E-state index in [2.05, 4.69) is 27.1 Å². The van der Waals surface area contributed by atoms with E-state index in [0.29, 0.717) is 29.3 Å². The molecule has 1 aliphatic carbocycles. The summed E-state index contributed by atoms with van der Waals surface area (Å²) < 4.78 is 0. The van der Waals surface area contributed by atoms with E-state index in [4.69, 9.17) is 0 Å². The van der Waals surface area contributed by atoms with Crippen molar-refractivity contribution in [2.24, 2.45) is 11.8 Å². The summed E-state index contributed by atoms with van der Waals surface area (Å²) >= 11 is 0. The van der Waals surface area contributed by atoms with Crippen LogP contribution in [-0.2, 0) is 4.79 Å². The number of piperidine rings is 1. The topological polar surface area (TPSA) is 74.8 Å². The molecule has 1 amide bonds. The third-order valence-electron chi connectivity index (χ3n) is 4.86. The van der Waals surface area contributed by atoms with Crippen molar-refractivity contribution in [2.75, 3.05) is 13.1 Å². The third-order valence-corrected chi connectivity index (χ3v) is 4.86. The fourth-order valence-electron chi connectivity index (χ4n) is 3.34. The normalized spacial score (nSPS) is 26.2. The lowest BCUT2D eigenvalue weighted by molar-refractivity contribution is -0.133. The predicted molar refractivity (Wildman–Crippen MR) is 77.5 cm³/mol. The molecule has 110 valence electrons. The van der Waals surface area contributed by atoms with Gasteiger partial charge < -0.3 is 4.90 Å². The zero-order chi connectivity index (χ0) is 14.4. The smallest absolute Gasteiger partial charge is 0.225 e. The van der Waals surface area contributed by atoms with Crippen molar-refractivity contribution < 1.29 is 4.79 Å². The molecule has 2 atom stereocenters. The minimum atomic E-state index is 0.292. The van der Waals surface area contributed by atoms with Crippen LogP contribution in [0.25, 0.3) is 11.2 Å². The lowest BCUT2D eigenvalue weighted by Gasteiger charge is -2.31. The quantitative estimate of drug-likeness (QED) is 0.911. The number of carbonyl (C=O) groups is 1. The van der Waals surface area contributed by atoms with E-state index in [1.807, 2.05) is 4.90 Å². The second-order valence-electron chi connectivity index (χ2n) is 6.28. The van der Waals surface area contributed by atoms with Gasteiger partial charge in [0.1, 0.15) is 5.52 Å². The van der Waals surface area contributed by atoms with Gasteiger partial charge in [-0.3, -0.25) is 9.89 Å². The first kappa shape index (κ1) is 12.7. The van der Waals surface area contributed by atoms with Gasteiger partial charge in [-0.25, -0.2) is 9.97 Å². The molecule has 1 saturated heterocycles. The lowest BCUT2D eigenvalue weighted by atomic mass is 9.93. The number of amides is 1. The highest BCUT2D eigenvalue weighted by Gasteiger charge is 2.42. The summed E-state index contributed by atoms with van der Waals surface area (Å²) in [5, 5.41) is 7.31. The molecule has 0 spiro atoms. The number of carbonyl (C=O) groups excluding carboxylic acids is 1. The largest absolute Gasteiger partial charge is 0.342 e. The van der Waals surface area contributed by atoms with Gasteiger partial charge in [-0.1, -0.05) is 6.92 Å². The van der Waals surface area contributed by atoms with E-state index in [1.54, 1.807) is 12.4 Å². The van der Waals surface area contributed by atoms with Gasteiger partial charge in [0, 0.05) is 37.3 Å². The number of aromatic nitrogens is 4. The van der Waals surface area contributed by atoms with Crippen LogP contribution in [0, 0.1) is 11.8 Å². The highest BCUT2D eigenvalue weighted by Crippen LogP contribution is 2.40. The molecule has 2 aromatic rings. The Hall–Kier alpha value is -1.98. The van der Waals surface area contributed by atoms with Gasteiger partial charge in [-0.2, -0.15) is 5.10 Å². The fourth-order valence-corrected chi connectivity index (χ4v) is 3.34. The van der Waals surface area contributed by atoms with Crippen molar-refractivity contribution in [3.8, 4) is 0 Å². The summed E-state index contributed by atoms with van der Waals surface area (Å²) in [7, 11) is 0. The molecular formula is C15H19N5O. The van der Waals surface area contributed by atoms with Crippen molar-refractivity contribution in [3.05, 3.63) is 18.1 Å². The Kier molecular flexibility index (Phi) is 2.90. The maximum absolute atomic E-state index is 12.3. The Morgan fingerprint density at radius 2 is 2.00 bits per heavy atom. The van der Waals surface area contributed by atoms with E-state index >= 15 is 0 Å². The molecule has 2 fully saturated rings. The monoisotopic (exact) mass is 285 g/mol. The van der Waals surface area contributed by atoms with Gasteiger partial charge >= 0.3 is 0 Å². The predicted octanol–water partition coefficient (Wildman–Crippen LogP) is 1.71. The molecule has 6 nitrogen and oxygen atoms in total. The van der Waals surface area contributed by atoms with Crippen LogP contribution in [0.1, 0.15) is 37.8 Å². The molecule has 2 aliphatic rings. The van der Waals surface area contributed by atoms with E-state index in [1.165, 1.54) is 0 Å². The van der Waals surface area contributed by atoms with Crippen LogP contribution in [0.15, 0.2) is 12.4 Å². The fraction of sp³-hybridized carbons (Fsp3) is 0.600. The van der Waals surface area contributed by atoms with Gasteiger partial charge in [0.25, 0.3) is 0 Å². The number of likely N-dealkylation sites (tertiary alicyclic amines) is 1. The van der Waals surface area contributed by atoms with Gasteiger partial charge in [0.05, 0.1) is 5.69 Å². The molecule has 1 saturated carbocycles. The Morgan fingerprint density at radius 1 is 1.29 bits per heavy atom. The first-order valence-electron chi connectivity index (χ1n) is 7.68. The summed E-state index contributed by atoms with van der Waals surface area (Å²) in [5.74, 6) is 1.63. The number of hydrogen-bond acceptors (Lipinski definition) is 4. The first-order chi connectivity index (χ1) is 10.2. The number of nitrogens with zero attached hydrogens (tertiary/aromatic N) is 4. The molecular weight excluding hydrogens is 266 g/mol. The van der Waals surface area contributed by atoms with Crippen LogP contribution in [-0.4, -0.2) is 44.1 Å². The van der Waals surface area contributed by atoms with E-state index in [0.717, 1.165) is 43.6 Å². The Morgan fingerprint density at radius 3 is 2.71 bits per heavy atom. The first-order valence-corrected chi connectivity index (χ1v) is 7.68. The zero-order valence-corrected chi connectivity index (χ0v) is 12.1. The van der Waals surface area contributed by atoms with Gasteiger partial charge in [0.2, 0.25) is 5.91 Å². The molecule has 0 radical (unpaired) electrons. The van der Waals surface area contributed by atoms with Crippen molar-refractivity contribution in [2.45, 2.75) is 32.1 Å². The SMILES string of the molecule is C[C@H]1C[C@H]1C(=O)N1CCC(c2[nH]nc3nccnc23)CC1. The minimum absolute atomic E-state index is 0.292. The van der Waals surface area contributed by atoms with Gasteiger partial charge in [-0.05, 0) is 25.2 Å². The summed E-state index contributed by atoms with van der Waals surface area (Å²) in [4.78, 5) is 22.9. The van der Waals surface area contributed by atoms with Crippen LogP contribution in [0.5, 0.6) is 0 Å². The molecule has 1 aliphatic heterocycles. The summed E-state index contributed by atoms with van der Waals surface area (Å²) in [6.07, 6.45) is 6.38. The molecule has 0 unspecified atom stereocenters. The highest BCUT2D eigenvalue weighted by atomic mass is 16.2. The molecule has 3 heterocycles. The number of rotatable bonds is 2. The Balaban J connectivity index is 1.46. The number of nitrogens with one attached hydrogen (secondary N) is 1. The maximum Gasteiger partial charge on any atom is 0.225 e. The number of fused-ring (bicyclic) bond motifs is 1. The van der Waals surface area contributed by atoms with Crippen molar-refractivity contribution in [1.29, 1.82) is 0 Å². The standard InChI is InChI=1S/C15H19N5O/c1-9-8-11(9)15(21)20-6-2-10(3-7-20)12-13-14(19-18-12)17-5-4-16-13/h4-5,9-11H,2-3,6-8H2,1H3,(H,17,18,19)/t9-,11+/m0/s1. The third kappa shape index (κ3) is 2.18. The summed E-state index contributed by atoms with van der Waals surface area (Å²) in [6.45, 7) is 3.84. The number of H-pyrrole nitrogens is 1. The minimum Gasteiger partial charge on any atom is -0.342 e. The van der Waals surface area contributed by atoms with Crippen LogP contribution >= 0.6 is 0 Å². The number of hydrogen-bond donors (Lipinski definition) is 1. The van der Waals surface area contributed by atoms with Gasteiger partial charge in [0.15, 0.2) is 5.65 Å². The van der Waals surface area contributed by atoms with Gasteiger partial charge in [-0.15, -0.1) is 0 Å². The molecule has 0 bridgehead atoms. The van der Waals surface area contributed by atoms with Crippen LogP contribution in [0.2, 0.25) is 0 Å². The second kappa shape index (κ2) is 4.79. The highest BCUT2D eigenvalue weighted by molar-refractivity contribution is 5.81.